The summed E-state index contributed by atoms with van der Waals surface area (Å²) < 4.78 is 4.80. The van der Waals surface area contributed by atoms with E-state index in [-0.39, 0.29) is 7.97 Å². The smallest absolute Gasteiger partial charge is 0.426 e. The predicted octanol–water partition coefficient (Wildman–Crippen LogP) is 0.663. The van der Waals surface area contributed by atoms with Crippen LogP contribution in [-0.4, -0.2) is 12.5 Å². The van der Waals surface area contributed by atoms with Crippen LogP contribution in [0.3, 0.4) is 0 Å². The van der Waals surface area contributed by atoms with Crippen LogP contribution in [-0.2, 0) is 4.79 Å². The second-order valence-corrected chi connectivity index (χ2v) is 1.99. The van der Waals surface area contributed by atoms with Crippen LogP contribution >= 0.6 is 0 Å². The molecule has 0 heterocycles. The van der Waals surface area contributed by atoms with Crippen LogP contribution in [0, 0.1) is 0 Å². The molecule has 0 atom stereocenters. The third kappa shape index (κ3) is 2.39. The zero-order valence-corrected chi connectivity index (χ0v) is 5.99. The monoisotopic (exact) mass is 152 g/mol. The second-order valence-electron chi connectivity index (χ2n) is 1.99. The Bertz CT molecular complexity index is 238. The van der Waals surface area contributed by atoms with E-state index in [4.69, 9.17) is 10.5 Å². The molecule has 0 aliphatic carbocycles. The van der Waals surface area contributed by atoms with Crippen molar-refractivity contribution in [3.63, 3.8) is 0 Å². The van der Waals surface area contributed by atoms with Crippen molar-refractivity contribution in [3.05, 3.63) is 30.3 Å². The lowest BCUT2D eigenvalue weighted by molar-refractivity contribution is -0.132. The maximum absolute atomic E-state index is 10.6. The molecule has 2 N–H and O–H groups in total. The highest BCUT2D eigenvalue weighted by atomic mass is 16.5. The Balaban J connectivity index is 0.00000121. The van der Waals surface area contributed by atoms with Gasteiger partial charge in [-0.15, -0.1) is 0 Å². The number of rotatable bonds is 2. The lowest BCUT2D eigenvalue weighted by Gasteiger charge is -1.99. The molecule has 0 unspecified atom stereocenters. The molecule has 1 aromatic carbocycles. The molecule has 1 aromatic rings. The van der Waals surface area contributed by atoms with E-state index in [9.17, 15) is 4.79 Å². The summed E-state index contributed by atoms with van der Waals surface area (Å²) in [6.07, 6.45) is 0. The summed E-state index contributed by atoms with van der Waals surface area (Å²) in [5, 5.41) is 0. The molecule has 11 heavy (non-hydrogen) atoms. The van der Waals surface area contributed by atoms with Gasteiger partial charge in [-0.1, -0.05) is 18.2 Å². The van der Waals surface area contributed by atoms with E-state index in [1.165, 1.54) is 0 Å². The molecule has 0 aliphatic rings. The highest BCUT2D eigenvalue weighted by Gasteiger charge is 1.98. The maximum Gasteiger partial charge on any atom is 1.00 e. The van der Waals surface area contributed by atoms with E-state index in [2.05, 4.69) is 0 Å². The second kappa shape index (κ2) is 3.73. The summed E-state index contributed by atoms with van der Waals surface area (Å²) in [5.41, 5.74) is 5.05. The van der Waals surface area contributed by atoms with E-state index in [1.807, 2.05) is 6.07 Å². The molecule has 0 aromatic heterocycles. The SMILES string of the molecule is NCC(=O)Oc1ccccc1.[H+]. The number of ether oxygens (including phenoxy) is 1. The highest BCUT2D eigenvalue weighted by molar-refractivity contribution is 5.74. The summed E-state index contributed by atoms with van der Waals surface area (Å²) in [7, 11) is 0. The zero-order valence-electron chi connectivity index (χ0n) is 6.99. The number of para-hydroxylation sites is 1. The molecule has 0 aliphatic heterocycles. The van der Waals surface area contributed by atoms with Crippen molar-refractivity contribution in [2.45, 2.75) is 0 Å². The molecule has 0 saturated heterocycles. The highest BCUT2D eigenvalue weighted by Crippen LogP contribution is 2.07. The van der Waals surface area contributed by atoms with Crippen LogP contribution in [0.1, 0.15) is 1.43 Å². The first kappa shape index (κ1) is 7.75. The molecule has 0 fully saturated rings. The predicted molar refractivity (Wildman–Crippen MR) is 42.2 cm³/mol. The number of carbonyl (C=O) groups excluding carboxylic acids is 1. The van der Waals surface area contributed by atoms with Gasteiger partial charge in [0.15, 0.2) is 0 Å². The van der Waals surface area contributed by atoms with Gasteiger partial charge in [0.2, 0.25) is 0 Å². The van der Waals surface area contributed by atoms with Crippen LogP contribution in [0.4, 0.5) is 0 Å². The Hall–Kier alpha value is -1.35. The van der Waals surface area contributed by atoms with E-state index < -0.39 is 5.97 Å². The zero-order chi connectivity index (χ0) is 8.10. The lowest BCUT2D eigenvalue weighted by Crippen LogP contribution is -2.19. The number of carbonyl (C=O) groups is 1. The maximum atomic E-state index is 10.6. The Morgan fingerprint density at radius 2 is 2.09 bits per heavy atom. The van der Waals surface area contributed by atoms with Gasteiger partial charge >= 0.3 is 7.40 Å². The van der Waals surface area contributed by atoms with E-state index in [1.54, 1.807) is 24.3 Å². The number of benzene rings is 1. The molecule has 1 rings (SSSR count). The van der Waals surface area contributed by atoms with Gasteiger partial charge in [0, 0.05) is 0 Å². The fraction of sp³-hybridized carbons (Fsp3) is 0.125. The first-order valence-electron chi connectivity index (χ1n) is 3.28. The summed E-state index contributed by atoms with van der Waals surface area (Å²) in [6.45, 7) is -0.0884. The topological polar surface area (TPSA) is 52.3 Å². The molecule has 3 heteroatoms. The van der Waals surface area contributed by atoms with Crippen molar-refractivity contribution in [2.24, 2.45) is 5.73 Å². The van der Waals surface area contributed by atoms with Gasteiger partial charge in [0.1, 0.15) is 5.75 Å². The summed E-state index contributed by atoms with van der Waals surface area (Å²) in [6, 6.07) is 8.83. The Kier molecular flexibility index (Phi) is 2.63. The van der Waals surface area contributed by atoms with Crippen LogP contribution < -0.4 is 10.5 Å². The summed E-state index contributed by atoms with van der Waals surface area (Å²) in [5.74, 6) is 0.110. The minimum Gasteiger partial charge on any atom is -0.426 e. The van der Waals surface area contributed by atoms with Gasteiger partial charge in [-0.25, -0.2) is 0 Å². The normalized spacial score (nSPS) is 9.18. The van der Waals surface area contributed by atoms with Gasteiger partial charge in [-0.3, -0.25) is 4.79 Å². The Morgan fingerprint density at radius 3 is 2.64 bits per heavy atom. The van der Waals surface area contributed by atoms with E-state index in [0.717, 1.165) is 0 Å². The van der Waals surface area contributed by atoms with Gasteiger partial charge in [-0.05, 0) is 12.1 Å². The average Bonchev–Trinajstić information content (AvgIpc) is 2.06. The molecule has 0 radical (unpaired) electrons. The largest absolute Gasteiger partial charge is 1.00 e. The van der Waals surface area contributed by atoms with Crippen LogP contribution in [0.25, 0.3) is 0 Å². The molecule has 3 nitrogen and oxygen atoms in total. The number of hydrogen-bond acceptors (Lipinski definition) is 3. The van der Waals surface area contributed by atoms with Crippen LogP contribution in [0.15, 0.2) is 30.3 Å². The van der Waals surface area contributed by atoms with Crippen LogP contribution in [0.2, 0.25) is 0 Å². The minimum atomic E-state index is -0.420. The molecular weight excluding hydrogens is 142 g/mol. The summed E-state index contributed by atoms with van der Waals surface area (Å²) in [4.78, 5) is 10.6. The number of nitrogens with two attached hydrogens (primary N) is 1. The van der Waals surface area contributed by atoms with E-state index in [0.29, 0.717) is 5.75 Å². The first-order valence-corrected chi connectivity index (χ1v) is 3.28. The van der Waals surface area contributed by atoms with Gasteiger partial charge in [0.05, 0.1) is 6.54 Å². The average molecular weight is 152 g/mol. The van der Waals surface area contributed by atoms with Crippen molar-refractivity contribution in [3.8, 4) is 5.75 Å². The fourth-order valence-corrected chi connectivity index (χ4v) is 0.662. The van der Waals surface area contributed by atoms with Gasteiger partial charge < -0.3 is 10.5 Å². The Labute approximate surface area is 66.3 Å². The van der Waals surface area contributed by atoms with Crippen molar-refractivity contribution >= 4 is 5.97 Å². The molecule has 0 saturated carbocycles. The number of esters is 1. The van der Waals surface area contributed by atoms with Crippen molar-refractivity contribution < 1.29 is 11.0 Å². The number of hydrogen-bond donors (Lipinski definition) is 1. The van der Waals surface area contributed by atoms with Gasteiger partial charge in [-0.2, -0.15) is 0 Å². The van der Waals surface area contributed by atoms with Gasteiger partial charge in [0.25, 0.3) is 0 Å². The lowest BCUT2D eigenvalue weighted by atomic mass is 10.3. The van der Waals surface area contributed by atoms with Crippen molar-refractivity contribution in [1.29, 1.82) is 0 Å². The molecule has 0 amide bonds. The third-order valence-corrected chi connectivity index (χ3v) is 1.14. The third-order valence-electron chi connectivity index (χ3n) is 1.14. The molecule has 0 spiro atoms. The fourth-order valence-electron chi connectivity index (χ4n) is 0.662. The molecule has 0 bridgehead atoms. The minimum absolute atomic E-state index is 0. The molecular formula is C8H10NO2+. The van der Waals surface area contributed by atoms with Crippen LogP contribution in [0.5, 0.6) is 5.75 Å². The summed E-state index contributed by atoms with van der Waals surface area (Å²) >= 11 is 0. The quantitative estimate of drug-likeness (QED) is 0.500. The van der Waals surface area contributed by atoms with Crippen molar-refractivity contribution in [1.82, 2.24) is 0 Å². The van der Waals surface area contributed by atoms with Crippen molar-refractivity contribution in [2.75, 3.05) is 6.54 Å². The first-order chi connectivity index (χ1) is 5.33. The van der Waals surface area contributed by atoms with E-state index >= 15 is 0 Å². The Morgan fingerprint density at radius 1 is 1.45 bits per heavy atom. The standard InChI is InChI=1S/C8H9NO2/c9-6-8(10)11-7-4-2-1-3-5-7/h1-5H,6,9H2/p+1. The molecule has 58 valence electrons.